The van der Waals surface area contributed by atoms with Crippen LogP contribution in [0.4, 0.5) is 11.4 Å². The normalized spacial score (nSPS) is 9.95. The molecule has 0 aliphatic carbocycles. The number of rotatable bonds is 3. The van der Waals surface area contributed by atoms with Crippen LogP contribution in [0.1, 0.15) is 11.1 Å². The van der Waals surface area contributed by atoms with E-state index in [1.807, 2.05) is 28.7 Å². The van der Waals surface area contributed by atoms with Crippen molar-refractivity contribution in [1.82, 2.24) is 4.98 Å². The van der Waals surface area contributed by atoms with Gasteiger partial charge in [-0.25, -0.2) is 4.98 Å². The van der Waals surface area contributed by atoms with Gasteiger partial charge in [-0.15, -0.1) is 0 Å². The second-order valence-corrected chi connectivity index (χ2v) is 5.29. The predicted octanol–water partition coefficient (Wildman–Crippen LogP) is 3.15. The van der Waals surface area contributed by atoms with Crippen LogP contribution in [-0.2, 0) is 0 Å². The molecular formula is C13H9IN4O3. The van der Waals surface area contributed by atoms with E-state index in [1.54, 1.807) is 13.0 Å². The Morgan fingerprint density at radius 1 is 1.52 bits per heavy atom. The minimum absolute atomic E-state index is 0.0180. The number of nitrogens with two attached hydrogens (primary N) is 1. The lowest BCUT2D eigenvalue weighted by atomic mass is 10.2. The van der Waals surface area contributed by atoms with E-state index in [-0.39, 0.29) is 22.9 Å². The van der Waals surface area contributed by atoms with E-state index < -0.39 is 4.92 Å². The molecule has 0 amide bonds. The Balaban J connectivity index is 2.56. The van der Waals surface area contributed by atoms with Crippen molar-refractivity contribution in [1.29, 1.82) is 5.26 Å². The van der Waals surface area contributed by atoms with Crippen molar-refractivity contribution in [3.8, 4) is 17.7 Å². The molecule has 1 heterocycles. The third-order valence-corrected chi connectivity index (χ3v) is 3.52. The smallest absolute Gasteiger partial charge is 0.314 e. The van der Waals surface area contributed by atoms with Crippen molar-refractivity contribution in [2.75, 3.05) is 5.73 Å². The molecular weight excluding hydrogens is 387 g/mol. The van der Waals surface area contributed by atoms with E-state index in [2.05, 4.69) is 4.98 Å². The fourth-order valence-corrected chi connectivity index (χ4v) is 2.32. The molecule has 0 unspecified atom stereocenters. The Bertz CT molecular complexity index is 771. The highest BCUT2D eigenvalue weighted by atomic mass is 127. The quantitative estimate of drug-likeness (QED) is 0.484. The summed E-state index contributed by atoms with van der Waals surface area (Å²) in [5.41, 5.74) is 6.80. The maximum Gasteiger partial charge on any atom is 0.314 e. The highest BCUT2D eigenvalue weighted by Gasteiger charge is 2.22. The van der Waals surface area contributed by atoms with Gasteiger partial charge in [0.05, 0.1) is 25.8 Å². The first-order valence-electron chi connectivity index (χ1n) is 5.71. The van der Waals surface area contributed by atoms with Crippen molar-refractivity contribution >= 4 is 34.0 Å². The molecule has 8 heteroatoms. The zero-order chi connectivity index (χ0) is 15.6. The van der Waals surface area contributed by atoms with Gasteiger partial charge >= 0.3 is 5.69 Å². The number of aromatic nitrogens is 1. The molecule has 1 aromatic heterocycles. The van der Waals surface area contributed by atoms with Crippen molar-refractivity contribution in [3.05, 3.63) is 49.2 Å². The summed E-state index contributed by atoms with van der Waals surface area (Å²) >= 11 is 1.87. The SMILES string of the molecule is Cc1ccnc(Oc2c(I)cc(C#N)cc2[N+](=O)[O-])c1N. The molecule has 0 aliphatic heterocycles. The number of nitro benzene ring substituents is 1. The average molecular weight is 396 g/mol. The Labute approximate surface area is 133 Å². The highest BCUT2D eigenvalue weighted by molar-refractivity contribution is 14.1. The van der Waals surface area contributed by atoms with Crippen LogP contribution in [0.3, 0.4) is 0 Å². The molecule has 0 saturated heterocycles. The maximum atomic E-state index is 11.1. The van der Waals surface area contributed by atoms with Crippen molar-refractivity contribution in [3.63, 3.8) is 0 Å². The molecule has 1 aromatic carbocycles. The average Bonchev–Trinajstić information content (AvgIpc) is 2.45. The fraction of sp³-hybridized carbons (Fsp3) is 0.0769. The Kier molecular flexibility index (Phi) is 4.23. The molecule has 2 N–H and O–H groups in total. The fourth-order valence-electron chi connectivity index (χ4n) is 1.60. The number of hydrogen-bond acceptors (Lipinski definition) is 6. The van der Waals surface area contributed by atoms with Gasteiger partial charge < -0.3 is 10.5 Å². The Morgan fingerprint density at radius 2 is 2.24 bits per heavy atom. The van der Waals surface area contributed by atoms with Gasteiger partial charge in [0.1, 0.15) is 0 Å². The predicted molar refractivity (Wildman–Crippen MR) is 84.0 cm³/mol. The van der Waals surface area contributed by atoms with Gasteiger partial charge in [0, 0.05) is 12.3 Å². The maximum absolute atomic E-state index is 11.1. The second-order valence-electron chi connectivity index (χ2n) is 4.12. The van der Waals surface area contributed by atoms with Crippen LogP contribution in [0.2, 0.25) is 0 Å². The summed E-state index contributed by atoms with van der Waals surface area (Å²) < 4.78 is 5.95. The highest BCUT2D eigenvalue weighted by Crippen LogP contribution is 2.38. The molecule has 0 radical (unpaired) electrons. The van der Waals surface area contributed by atoms with E-state index in [1.165, 1.54) is 12.3 Å². The molecule has 2 rings (SSSR count). The van der Waals surface area contributed by atoms with E-state index in [4.69, 9.17) is 15.7 Å². The molecule has 2 aromatic rings. The summed E-state index contributed by atoms with van der Waals surface area (Å²) in [6.07, 6.45) is 1.50. The largest absolute Gasteiger partial charge is 0.429 e. The molecule has 0 atom stereocenters. The number of benzene rings is 1. The lowest BCUT2D eigenvalue weighted by Gasteiger charge is -2.10. The first kappa shape index (κ1) is 15.0. The standard InChI is InChI=1S/C13H9IN4O3/c1-7-2-3-17-13(11(7)16)21-12-9(14)4-8(6-15)5-10(12)18(19)20/h2-5H,16H2,1H3. The summed E-state index contributed by atoms with van der Waals surface area (Å²) in [5, 5.41) is 20.0. The van der Waals surface area contributed by atoms with Crippen LogP contribution in [-0.4, -0.2) is 9.91 Å². The van der Waals surface area contributed by atoms with Gasteiger partial charge in [-0.3, -0.25) is 10.1 Å². The summed E-state index contributed by atoms with van der Waals surface area (Å²) in [4.78, 5) is 14.5. The second kappa shape index (κ2) is 5.92. The van der Waals surface area contributed by atoms with E-state index in [9.17, 15) is 10.1 Å². The van der Waals surface area contributed by atoms with E-state index >= 15 is 0 Å². The van der Waals surface area contributed by atoms with Gasteiger partial charge in [0.15, 0.2) is 0 Å². The van der Waals surface area contributed by atoms with Crippen molar-refractivity contribution < 1.29 is 9.66 Å². The van der Waals surface area contributed by atoms with Gasteiger partial charge in [0.2, 0.25) is 11.6 Å². The zero-order valence-electron chi connectivity index (χ0n) is 10.8. The molecule has 0 aliphatic rings. The zero-order valence-corrected chi connectivity index (χ0v) is 13.0. The number of hydrogen-bond donors (Lipinski definition) is 1. The van der Waals surface area contributed by atoms with Crippen LogP contribution in [0.5, 0.6) is 11.6 Å². The van der Waals surface area contributed by atoms with E-state index in [0.29, 0.717) is 9.26 Å². The third kappa shape index (κ3) is 3.03. The Morgan fingerprint density at radius 3 is 2.86 bits per heavy atom. The lowest BCUT2D eigenvalue weighted by Crippen LogP contribution is -2.01. The van der Waals surface area contributed by atoms with Crippen molar-refractivity contribution in [2.45, 2.75) is 6.92 Å². The topological polar surface area (TPSA) is 115 Å². The summed E-state index contributed by atoms with van der Waals surface area (Å²) in [6.45, 7) is 1.78. The third-order valence-electron chi connectivity index (χ3n) is 2.72. The minimum Gasteiger partial charge on any atom is -0.429 e. The molecule has 21 heavy (non-hydrogen) atoms. The number of halogens is 1. The lowest BCUT2D eigenvalue weighted by molar-refractivity contribution is -0.385. The van der Waals surface area contributed by atoms with Gasteiger partial charge in [-0.1, -0.05) is 0 Å². The Hall–Kier alpha value is -2.41. The number of ether oxygens (including phenoxy) is 1. The summed E-state index contributed by atoms with van der Waals surface area (Å²) in [5.74, 6) is 0.116. The van der Waals surface area contributed by atoms with E-state index in [0.717, 1.165) is 11.6 Å². The van der Waals surface area contributed by atoms with Gasteiger partial charge in [-0.2, -0.15) is 5.26 Å². The van der Waals surface area contributed by atoms with Crippen LogP contribution < -0.4 is 10.5 Å². The van der Waals surface area contributed by atoms with Crippen LogP contribution in [0.25, 0.3) is 0 Å². The van der Waals surface area contributed by atoms with Gasteiger partial charge in [0.25, 0.3) is 0 Å². The van der Waals surface area contributed by atoms with Gasteiger partial charge in [-0.05, 0) is 47.2 Å². The van der Waals surface area contributed by atoms with Crippen LogP contribution in [0.15, 0.2) is 24.4 Å². The number of aryl methyl sites for hydroxylation is 1. The van der Waals surface area contributed by atoms with Crippen LogP contribution >= 0.6 is 22.6 Å². The molecule has 0 saturated carbocycles. The first-order chi connectivity index (χ1) is 9.93. The molecule has 7 nitrogen and oxygen atoms in total. The summed E-state index contributed by atoms with van der Waals surface area (Å²) in [6, 6.07) is 6.23. The molecule has 0 fully saturated rings. The summed E-state index contributed by atoms with van der Waals surface area (Å²) in [7, 11) is 0. The number of nitriles is 1. The molecule has 0 bridgehead atoms. The molecule has 106 valence electrons. The monoisotopic (exact) mass is 396 g/mol. The number of nitrogen functional groups attached to an aromatic ring is 1. The minimum atomic E-state index is -0.607. The molecule has 0 spiro atoms. The van der Waals surface area contributed by atoms with Crippen molar-refractivity contribution in [2.24, 2.45) is 0 Å². The number of pyridine rings is 1. The first-order valence-corrected chi connectivity index (χ1v) is 6.79. The van der Waals surface area contributed by atoms with Crippen LogP contribution in [0, 0.1) is 31.9 Å². The number of nitro groups is 1. The number of anilines is 1. The number of nitrogens with zero attached hydrogens (tertiary/aromatic N) is 3.